The first-order valence-electron chi connectivity index (χ1n) is 10.4. The van der Waals surface area contributed by atoms with Crippen molar-refractivity contribution in [2.24, 2.45) is 5.16 Å². The van der Waals surface area contributed by atoms with Crippen molar-refractivity contribution >= 4 is 17.6 Å². The molecule has 1 aromatic heterocycles. The summed E-state index contributed by atoms with van der Waals surface area (Å²) in [5, 5.41) is 11.3. The van der Waals surface area contributed by atoms with Gasteiger partial charge in [0, 0.05) is 32.3 Å². The maximum absolute atomic E-state index is 12.8. The van der Waals surface area contributed by atoms with E-state index in [9.17, 15) is 9.59 Å². The van der Waals surface area contributed by atoms with Crippen LogP contribution in [-0.2, 0) is 25.5 Å². The number of aromatic nitrogens is 2. The van der Waals surface area contributed by atoms with Crippen LogP contribution in [0.3, 0.4) is 0 Å². The number of oxime groups is 1. The van der Waals surface area contributed by atoms with Gasteiger partial charge in [0.05, 0.1) is 25.4 Å². The highest BCUT2D eigenvalue weighted by Gasteiger charge is 2.47. The molecule has 0 spiro atoms. The molecule has 1 unspecified atom stereocenters. The van der Waals surface area contributed by atoms with Gasteiger partial charge in [-0.1, -0.05) is 35.5 Å². The quantitative estimate of drug-likeness (QED) is 0.678. The van der Waals surface area contributed by atoms with Crippen molar-refractivity contribution in [3.05, 3.63) is 53.9 Å². The fourth-order valence-corrected chi connectivity index (χ4v) is 4.02. The maximum atomic E-state index is 12.8. The predicted octanol–water partition coefficient (Wildman–Crippen LogP) is 1.90. The van der Waals surface area contributed by atoms with Crippen LogP contribution >= 0.6 is 0 Å². The van der Waals surface area contributed by atoms with Gasteiger partial charge in [0.2, 0.25) is 5.60 Å². The van der Waals surface area contributed by atoms with E-state index in [1.807, 2.05) is 30.3 Å². The molecule has 4 rings (SSSR count). The van der Waals surface area contributed by atoms with Crippen molar-refractivity contribution < 1.29 is 23.9 Å². The smallest absolute Gasteiger partial charge is 0.353 e. The number of ether oxygens (including phenoxy) is 2. The van der Waals surface area contributed by atoms with E-state index in [-0.39, 0.29) is 24.9 Å². The van der Waals surface area contributed by atoms with Gasteiger partial charge >= 0.3 is 5.97 Å². The minimum atomic E-state index is -1.22. The standard InChI is InChI=1S/C22H26N4O5/c1-29-21(28)22(13-16-5-3-2-4-6-16)14-17(25-31-22)15-23-20(27)19-7-10-24-26(19)18-8-11-30-12-9-18/h2-7,10,18H,8-9,11-15H2,1H3,(H,23,27). The average molecular weight is 426 g/mol. The second-order valence-electron chi connectivity index (χ2n) is 7.76. The van der Waals surface area contributed by atoms with Crippen LogP contribution in [0.2, 0.25) is 0 Å². The molecular formula is C22H26N4O5. The van der Waals surface area contributed by atoms with Crippen molar-refractivity contribution in [1.82, 2.24) is 15.1 Å². The fourth-order valence-electron chi connectivity index (χ4n) is 4.02. The van der Waals surface area contributed by atoms with Gasteiger partial charge < -0.3 is 19.6 Å². The van der Waals surface area contributed by atoms with Gasteiger partial charge in [-0.05, 0) is 24.5 Å². The number of carbonyl (C=O) groups excluding carboxylic acids is 2. The highest BCUT2D eigenvalue weighted by molar-refractivity contribution is 5.99. The molecule has 0 bridgehead atoms. The van der Waals surface area contributed by atoms with E-state index < -0.39 is 11.6 Å². The third-order valence-electron chi connectivity index (χ3n) is 5.62. The number of hydrogen-bond donors (Lipinski definition) is 1. The highest BCUT2D eigenvalue weighted by atomic mass is 16.7. The first-order chi connectivity index (χ1) is 15.1. The average Bonchev–Trinajstić information content (AvgIpc) is 3.46. The first-order valence-corrected chi connectivity index (χ1v) is 10.4. The van der Waals surface area contributed by atoms with Crippen LogP contribution in [0.4, 0.5) is 0 Å². The number of benzene rings is 1. The Morgan fingerprint density at radius 3 is 2.74 bits per heavy atom. The lowest BCUT2D eigenvalue weighted by Crippen LogP contribution is -2.43. The second kappa shape index (κ2) is 9.30. The van der Waals surface area contributed by atoms with Gasteiger partial charge in [0.25, 0.3) is 5.91 Å². The molecule has 1 amide bonds. The SMILES string of the molecule is COC(=O)C1(Cc2ccccc2)CC(CNC(=O)c2ccnn2C2CCOCC2)=NO1. The summed E-state index contributed by atoms with van der Waals surface area (Å²) in [6.45, 7) is 1.50. The van der Waals surface area contributed by atoms with Gasteiger partial charge in [-0.25, -0.2) is 4.79 Å². The number of nitrogens with zero attached hydrogens (tertiary/aromatic N) is 3. The lowest BCUT2D eigenvalue weighted by atomic mass is 9.89. The summed E-state index contributed by atoms with van der Waals surface area (Å²) in [7, 11) is 1.33. The number of hydrogen-bond acceptors (Lipinski definition) is 7. The summed E-state index contributed by atoms with van der Waals surface area (Å²) >= 11 is 0. The zero-order chi connectivity index (χ0) is 21.7. The maximum Gasteiger partial charge on any atom is 0.353 e. The van der Waals surface area contributed by atoms with Crippen LogP contribution in [0.25, 0.3) is 0 Å². The molecule has 1 atom stereocenters. The van der Waals surface area contributed by atoms with Crippen LogP contribution in [-0.4, -0.2) is 59.8 Å². The van der Waals surface area contributed by atoms with E-state index in [1.54, 1.807) is 16.9 Å². The summed E-state index contributed by atoms with van der Waals surface area (Å²) in [6.07, 6.45) is 3.85. The van der Waals surface area contributed by atoms with E-state index in [1.165, 1.54) is 7.11 Å². The number of nitrogens with one attached hydrogen (secondary N) is 1. The molecule has 1 saturated heterocycles. The normalized spacial score (nSPS) is 21.3. The molecule has 2 aromatic rings. The van der Waals surface area contributed by atoms with E-state index >= 15 is 0 Å². The lowest BCUT2D eigenvalue weighted by molar-refractivity contribution is -0.166. The molecule has 0 saturated carbocycles. The molecule has 164 valence electrons. The monoisotopic (exact) mass is 426 g/mol. The Morgan fingerprint density at radius 2 is 2.00 bits per heavy atom. The second-order valence-corrected chi connectivity index (χ2v) is 7.76. The Morgan fingerprint density at radius 1 is 1.23 bits per heavy atom. The summed E-state index contributed by atoms with van der Waals surface area (Å²) in [5.41, 5.74) is 0.788. The summed E-state index contributed by atoms with van der Waals surface area (Å²) in [6, 6.07) is 11.4. The van der Waals surface area contributed by atoms with E-state index in [2.05, 4.69) is 15.6 Å². The van der Waals surface area contributed by atoms with Crippen molar-refractivity contribution in [2.45, 2.75) is 37.3 Å². The fraction of sp³-hybridized carbons (Fsp3) is 0.455. The Hall–Kier alpha value is -3.20. The van der Waals surface area contributed by atoms with Crippen LogP contribution in [0, 0.1) is 0 Å². The molecule has 0 aliphatic carbocycles. The van der Waals surface area contributed by atoms with Gasteiger partial charge in [-0.15, -0.1) is 0 Å². The van der Waals surface area contributed by atoms with Gasteiger partial charge in [-0.2, -0.15) is 5.10 Å². The van der Waals surface area contributed by atoms with Crippen molar-refractivity contribution in [1.29, 1.82) is 0 Å². The predicted molar refractivity (Wildman–Crippen MR) is 112 cm³/mol. The van der Waals surface area contributed by atoms with Crippen molar-refractivity contribution in [3.63, 3.8) is 0 Å². The van der Waals surface area contributed by atoms with E-state index in [4.69, 9.17) is 14.3 Å². The number of carbonyl (C=O) groups is 2. The van der Waals surface area contributed by atoms with Crippen LogP contribution in [0.5, 0.6) is 0 Å². The van der Waals surface area contributed by atoms with Crippen LogP contribution < -0.4 is 5.32 Å². The molecule has 1 aromatic carbocycles. The third-order valence-corrected chi connectivity index (χ3v) is 5.62. The van der Waals surface area contributed by atoms with E-state index in [0.29, 0.717) is 31.0 Å². The Bertz CT molecular complexity index is 952. The topological polar surface area (TPSA) is 104 Å². The van der Waals surface area contributed by atoms with Crippen molar-refractivity contribution in [2.75, 3.05) is 26.9 Å². The Balaban J connectivity index is 1.39. The number of amides is 1. The van der Waals surface area contributed by atoms with Crippen molar-refractivity contribution in [3.8, 4) is 0 Å². The van der Waals surface area contributed by atoms with Gasteiger partial charge in [0.15, 0.2) is 0 Å². The molecule has 0 radical (unpaired) electrons. The molecule has 2 aliphatic heterocycles. The minimum absolute atomic E-state index is 0.148. The van der Waals surface area contributed by atoms with Crippen LogP contribution in [0.1, 0.15) is 41.4 Å². The van der Waals surface area contributed by atoms with Gasteiger partial charge in [0.1, 0.15) is 5.69 Å². The number of methoxy groups -OCH3 is 1. The Labute approximate surface area is 180 Å². The van der Waals surface area contributed by atoms with Crippen LogP contribution in [0.15, 0.2) is 47.8 Å². The molecular weight excluding hydrogens is 400 g/mol. The summed E-state index contributed by atoms with van der Waals surface area (Å²) < 4.78 is 12.1. The Kier molecular flexibility index (Phi) is 6.31. The summed E-state index contributed by atoms with van der Waals surface area (Å²) in [5.74, 6) is -0.732. The van der Waals surface area contributed by atoms with Gasteiger partial charge in [-0.3, -0.25) is 9.48 Å². The summed E-state index contributed by atoms with van der Waals surface area (Å²) in [4.78, 5) is 30.9. The number of esters is 1. The largest absolute Gasteiger partial charge is 0.466 e. The molecule has 1 N–H and O–H groups in total. The minimum Gasteiger partial charge on any atom is -0.466 e. The molecule has 3 heterocycles. The molecule has 9 heteroatoms. The van der Waals surface area contributed by atoms with E-state index in [0.717, 1.165) is 18.4 Å². The first kappa shape index (κ1) is 21.0. The zero-order valence-electron chi connectivity index (χ0n) is 17.5. The third kappa shape index (κ3) is 4.61. The lowest BCUT2D eigenvalue weighted by Gasteiger charge is -2.24. The highest BCUT2D eigenvalue weighted by Crippen LogP contribution is 2.30. The molecule has 1 fully saturated rings. The molecule has 9 nitrogen and oxygen atoms in total. The number of rotatable bonds is 7. The molecule has 2 aliphatic rings. The zero-order valence-corrected chi connectivity index (χ0v) is 17.5. The molecule has 31 heavy (non-hydrogen) atoms.